The van der Waals surface area contributed by atoms with Crippen LogP contribution in [0.5, 0.6) is 0 Å². The van der Waals surface area contributed by atoms with Crippen molar-refractivity contribution in [1.82, 2.24) is 4.31 Å². The molecule has 21 heavy (non-hydrogen) atoms. The third-order valence-electron chi connectivity index (χ3n) is 3.23. The lowest BCUT2D eigenvalue weighted by Crippen LogP contribution is -2.48. The molecule has 0 saturated carbocycles. The second kappa shape index (κ2) is 5.92. The average Bonchev–Trinajstić information content (AvgIpc) is 2.37. The number of nitrogens with zero attached hydrogens (tertiary/aromatic N) is 1. The van der Waals surface area contributed by atoms with Gasteiger partial charge in [-0.05, 0) is 32.0 Å². The van der Waals surface area contributed by atoms with Crippen LogP contribution in [0.2, 0.25) is 5.02 Å². The molecule has 2 N–H and O–H groups in total. The molecule has 116 valence electrons. The van der Waals surface area contributed by atoms with Crippen molar-refractivity contribution in [2.24, 2.45) is 5.73 Å². The van der Waals surface area contributed by atoms with Crippen LogP contribution in [-0.2, 0) is 14.8 Å². The Kier molecular flexibility index (Phi) is 4.57. The van der Waals surface area contributed by atoms with Crippen LogP contribution in [-0.4, -0.2) is 43.9 Å². The van der Waals surface area contributed by atoms with E-state index in [-0.39, 0.29) is 40.8 Å². The minimum atomic E-state index is -3.71. The summed E-state index contributed by atoms with van der Waals surface area (Å²) in [4.78, 5) is 11.3. The van der Waals surface area contributed by atoms with Gasteiger partial charge in [-0.25, -0.2) is 8.42 Å². The number of nitrogens with two attached hydrogens (primary N) is 1. The molecular weight excluding hydrogens is 316 g/mol. The Morgan fingerprint density at radius 1 is 1.33 bits per heavy atom. The van der Waals surface area contributed by atoms with Gasteiger partial charge in [-0.3, -0.25) is 4.79 Å². The van der Waals surface area contributed by atoms with Gasteiger partial charge in [0, 0.05) is 13.1 Å². The van der Waals surface area contributed by atoms with Crippen LogP contribution >= 0.6 is 11.6 Å². The van der Waals surface area contributed by atoms with E-state index in [0.717, 1.165) is 0 Å². The largest absolute Gasteiger partial charge is 0.373 e. The molecule has 2 unspecified atom stereocenters. The number of hydrogen-bond donors (Lipinski definition) is 1. The first kappa shape index (κ1) is 16.2. The third kappa shape index (κ3) is 3.37. The van der Waals surface area contributed by atoms with Crippen LogP contribution in [0.15, 0.2) is 23.1 Å². The van der Waals surface area contributed by atoms with Crippen LogP contribution in [0.25, 0.3) is 0 Å². The highest BCUT2D eigenvalue weighted by Gasteiger charge is 2.32. The molecule has 2 atom stereocenters. The number of carbonyl (C=O) groups is 1. The van der Waals surface area contributed by atoms with E-state index in [9.17, 15) is 13.2 Å². The molecule has 1 saturated heterocycles. The van der Waals surface area contributed by atoms with Crippen molar-refractivity contribution in [2.45, 2.75) is 31.0 Å². The molecule has 1 aliphatic heterocycles. The fourth-order valence-corrected chi connectivity index (χ4v) is 4.16. The normalized spacial score (nSPS) is 24.0. The summed E-state index contributed by atoms with van der Waals surface area (Å²) in [7, 11) is -3.71. The van der Waals surface area contributed by atoms with Gasteiger partial charge in [0.1, 0.15) is 0 Å². The zero-order chi connectivity index (χ0) is 15.8. The van der Waals surface area contributed by atoms with Crippen molar-refractivity contribution >= 4 is 27.5 Å². The van der Waals surface area contributed by atoms with Crippen molar-refractivity contribution < 1.29 is 17.9 Å². The van der Waals surface area contributed by atoms with E-state index in [2.05, 4.69) is 0 Å². The molecule has 0 spiro atoms. The lowest BCUT2D eigenvalue weighted by atomic mass is 10.2. The summed E-state index contributed by atoms with van der Waals surface area (Å²) in [6.07, 6.45) is -0.377. The van der Waals surface area contributed by atoms with Gasteiger partial charge >= 0.3 is 0 Å². The standard InChI is InChI=1S/C13H17ClN2O4S/c1-8-6-16(7-9(2)20-8)21(18,19)10-3-4-12(14)11(5-10)13(15)17/h3-5,8-9H,6-7H2,1-2H3,(H2,15,17). The Labute approximate surface area is 128 Å². The van der Waals surface area contributed by atoms with E-state index in [1.54, 1.807) is 0 Å². The zero-order valence-electron chi connectivity index (χ0n) is 11.7. The first-order valence-corrected chi connectivity index (χ1v) is 8.28. The predicted octanol–water partition coefficient (Wildman–Crippen LogP) is 1.24. The van der Waals surface area contributed by atoms with E-state index < -0.39 is 15.9 Å². The summed E-state index contributed by atoms with van der Waals surface area (Å²) >= 11 is 5.84. The molecule has 6 nitrogen and oxygen atoms in total. The molecule has 0 radical (unpaired) electrons. The summed E-state index contributed by atoms with van der Waals surface area (Å²) in [5.74, 6) is -0.763. The minimum Gasteiger partial charge on any atom is -0.373 e. The fraction of sp³-hybridized carbons (Fsp3) is 0.462. The maximum absolute atomic E-state index is 12.6. The molecule has 1 aromatic rings. The Morgan fingerprint density at radius 3 is 2.43 bits per heavy atom. The molecular formula is C13H17ClN2O4S. The van der Waals surface area contributed by atoms with Gasteiger partial charge in [0.25, 0.3) is 0 Å². The summed E-state index contributed by atoms with van der Waals surface area (Å²) in [5.41, 5.74) is 5.19. The highest BCUT2D eigenvalue weighted by Crippen LogP contribution is 2.25. The number of benzene rings is 1. The third-order valence-corrected chi connectivity index (χ3v) is 5.38. The Bertz CT molecular complexity index is 652. The summed E-state index contributed by atoms with van der Waals surface area (Å²) in [6, 6.07) is 3.95. The Balaban J connectivity index is 2.40. The number of morpholine rings is 1. The molecule has 0 aliphatic carbocycles. The van der Waals surface area contributed by atoms with E-state index in [4.69, 9.17) is 22.1 Å². The summed E-state index contributed by atoms with van der Waals surface area (Å²) in [5, 5.41) is 0.130. The molecule has 1 aromatic carbocycles. The van der Waals surface area contributed by atoms with Crippen LogP contribution in [0, 0.1) is 0 Å². The van der Waals surface area contributed by atoms with Crippen molar-refractivity contribution in [3.8, 4) is 0 Å². The SMILES string of the molecule is CC1CN(S(=O)(=O)c2ccc(Cl)c(C(N)=O)c2)CC(C)O1. The molecule has 1 fully saturated rings. The highest BCUT2D eigenvalue weighted by atomic mass is 35.5. The topological polar surface area (TPSA) is 89.7 Å². The van der Waals surface area contributed by atoms with E-state index in [1.165, 1.54) is 22.5 Å². The highest BCUT2D eigenvalue weighted by molar-refractivity contribution is 7.89. The van der Waals surface area contributed by atoms with Crippen molar-refractivity contribution in [3.63, 3.8) is 0 Å². The first-order chi connectivity index (χ1) is 9.71. The summed E-state index contributed by atoms with van der Waals surface area (Å²) < 4.78 is 32.2. The number of primary amides is 1. The van der Waals surface area contributed by atoms with Crippen molar-refractivity contribution in [1.29, 1.82) is 0 Å². The maximum atomic E-state index is 12.6. The quantitative estimate of drug-likeness (QED) is 0.901. The van der Waals surface area contributed by atoms with Crippen LogP contribution < -0.4 is 5.73 Å². The second-order valence-corrected chi connectivity index (χ2v) is 7.43. The fourth-order valence-electron chi connectivity index (χ4n) is 2.33. The van der Waals surface area contributed by atoms with E-state index in [0.29, 0.717) is 0 Å². The molecule has 0 bridgehead atoms. The van der Waals surface area contributed by atoms with Gasteiger partial charge < -0.3 is 10.5 Å². The molecule has 1 aliphatic rings. The maximum Gasteiger partial charge on any atom is 0.250 e. The number of hydrogen-bond acceptors (Lipinski definition) is 4. The predicted molar refractivity (Wildman–Crippen MR) is 78.7 cm³/mol. The van der Waals surface area contributed by atoms with Gasteiger partial charge in [0.05, 0.1) is 27.7 Å². The molecule has 1 heterocycles. The van der Waals surface area contributed by atoms with Gasteiger partial charge in [0.2, 0.25) is 15.9 Å². The lowest BCUT2D eigenvalue weighted by Gasteiger charge is -2.34. The van der Waals surface area contributed by atoms with Crippen molar-refractivity contribution in [2.75, 3.05) is 13.1 Å². The lowest BCUT2D eigenvalue weighted by molar-refractivity contribution is -0.0440. The van der Waals surface area contributed by atoms with Gasteiger partial charge in [0.15, 0.2) is 0 Å². The minimum absolute atomic E-state index is 0.00185. The van der Waals surface area contributed by atoms with E-state index in [1.807, 2.05) is 13.8 Å². The van der Waals surface area contributed by atoms with Gasteiger partial charge in [-0.2, -0.15) is 4.31 Å². The monoisotopic (exact) mass is 332 g/mol. The van der Waals surface area contributed by atoms with Crippen LogP contribution in [0.3, 0.4) is 0 Å². The smallest absolute Gasteiger partial charge is 0.250 e. The Hall–Kier alpha value is -1.15. The zero-order valence-corrected chi connectivity index (χ0v) is 13.3. The van der Waals surface area contributed by atoms with Gasteiger partial charge in [-0.15, -0.1) is 0 Å². The second-order valence-electron chi connectivity index (χ2n) is 5.09. The Morgan fingerprint density at radius 2 is 1.90 bits per heavy atom. The number of ether oxygens (including phenoxy) is 1. The first-order valence-electron chi connectivity index (χ1n) is 6.46. The molecule has 1 amide bonds. The number of halogens is 1. The molecule has 8 heteroatoms. The van der Waals surface area contributed by atoms with Crippen LogP contribution in [0.4, 0.5) is 0 Å². The number of sulfonamides is 1. The molecule has 2 rings (SSSR count). The summed E-state index contributed by atoms with van der Waals surface area (Å²) in [6.45, 7) is 4.16. The van der Waals surface area contributed by atoms with Crippen LogP contribution in [0.1, 0.15) is 24.2 Å². The number of rotatable bonds is 3. The van der Waals surface area contributed by atoms with E-state index >= 15 is 0 Å². The van der Waals surface area contributed by atoms with Crippen molar-refractivity contribution in [3.05, 3.63) is 28.8 Å². The molecule has 0 aromatic heterocycles. The number of amides is 1. The average molecular weight is 333 g/mol. The number of carbonyl (C=O) groups excluding carboxylic acids is 1. The van der Waals surface area contributed by atoms with Gasteiger partial charge in [-0.1, -0.05) is 11.6 Å².